The second-order valence-corrected chi connectivity index (χ2v) is 4.65. The molecule has 1 fully saturated rings. The maximum atomic E-state index is 12.0. The lowest BCUT2D eigenvalue weighted by Gasteiger charge is -2.28. The molecule has 17 heavy (non-hydrogen) atoms. The largest absolute Gasteiger partial charge is 0.397 e. The third-order valence-corrected chi connectivity index (χ3v) is 3.31. The van der Waals surface area contributed by atoms with E-state index in [1.807, 2.05) is 18.2 Å². The first kappa shape index (κ1) is 11.9. The Balaban J connectivity index is 1.95. The van der Waals surface area contributed by atoms with Gasteiger partial charge >= 0.3 is 0 Å². The summed E-state index contributed by atoms with van der Waals surface area (Å²) in [6.07, 6.45) is 1.85. The van der Waals surface area contributed by atoms with E-state index in [2.05, 4.69) is 17.3 Å². The van der Waals surface area contributed by atoms with Crippen molar-refractivity contribution in [2.45, 2.75) is 12.8 Å². The fraction of sp³-hybridized carbons (Fsp3) is 0.462. The Bertz CT molecular complexity index is 397. The van der Waals surface area contributed by atoms with Crippen LogP contribution in [0.1, 0.15) is 12.8 Å². The van der Waals surface area contributed by atoms with Crippen LogP contribution in [0.15, 0.2) is 24.3 Å². The molecule has 1 saturated heterocycles. The van der Waals surface area contributed by atoms with E-state index in [0.29, 0.717) is 5.69 Å². The number of hydrogen-bond acceptors (Lipinski definition) is 3. The molecule has 2 rings (SSSR count). The lowest BCUT2D eigenvalue weighted by molar-refractivity contribution is -0.121. The van der Waals surface area contributed by atoms with E-state index in [1.54, 1.807) is 6.07 Å². The molecule has 0 radical (unpaired) electrons. The SMILES string of the molecule is CN1CCC(C(=O)Nc2ccccc2N)CC1. The van der Waals surface area contributed by atoms with Crippen LogP contribution in [0.3, 0.4) is 0 Å². The molecule has 1 aromatic carbocycles. The summed E-state index contributed by atoms with van der Waals surface area (Å²) >= 11 is 0. The van der Waals surface area contributed by atoms with Crippen molar-refractivity contribution in [2.75, 3.05) is 31.2 Å². The van der Waals surface area contributed by atoms with Crippen LogP contribution in [-0.2, 0) is 4.79 Å². The first-order chi connectivity index (χ1) is 8.16. The van der Waals surface area contributed by atoms with Crippen molar-refractivity contribution in [1.29, 1.82) is 0 Å². The molecule has 1 amide bonds. The second kappa shape index (κ2) is 5.19. The number of piperidine rings is 1. The average molecular weight is 233 g/mol. The summed E-state index contributed by atoms with van der Waals surface area (Å²) in [4.78, 5) is 14.3. The molecule has 0 saturated carbocycles. The zero-order chi connectivity index (χ0) is 12.3. The van der Waals surface area contributed by atoms with E-state index < -0.39 is 0 Å². The highest BCUT2D eigenvalue weighted by Crippen LogP contribution is 2.21. The molecule has 1 heterocycles. The van der Waals surface area contributed by atoms with Crippen molar-refractivity contribution in [1.82, 2.24) is 4.90 Å². The third kappa shape index (κ3) is 2.97. The highest BCUT2D eigenvalue weighted by Gasteiger charge is 2.23. The number of carbonyl (C=O) groups excluding carboxylic acids is 1. The number of nitrogens with zero attached hydrogens (tertiary/aromatic N) is 1. The number of likely N-dealkylation sites (tertiary alicyclic amines) is 1. The lowest BCUT2D eigenvalue weighted by atomic mass is 9.96. The Hall–Kier alpha value is -1.55. The van der Waals surface area contributed by atoms with Crippen molar-refractivity contribution in [3.8, 4) is 0 Å². The molecule has 4 nitrogen and oxygen atoms in total. The summed E-state index contributed by atoms with van der Waals surface area (Å²) in [7, 11) is 2.09. The van der Waals surface area contributed by atoms with E-state index in [0.717, 1.165) is 31.6 Å². The molecule has 1 aliphatic heterocycles. The number of nitrogen functional groups attached to an aromatic ring is 1. The number of para-hydroxylation sites is 2. The molecule has 0 bridgehead atoms. The van der Waals surface area contributed by atoms with Gasteiger partial charge in [0.25, 0.3) is 0 Å². The van der Waals surface area contributed by atoms with Crippen LogP contribution < -0.4 is 11.1 Å². The minimum atomic E-state index is 0.0935. The van der Waals surface area contributed by atoms with Crippen LogP contribution in [0.4, 0.5) is 11.4 Å². The highest BCUT2D eigenvalue weighted by atomic mass is 16.1. The summed E-state index contributed by atoms with van der Waals surface area (Å²) < 4.78 is 0. The van der Waals surface area contributed by atoms with E-state index in [4.69, 9.17) is 5.73 Å². The second-order valence-electron chi connectivity index (χ2n) is 4.65. The van der Waals surface area contributed by atoms with Crippen LogP contribution >= 0.6 is 0 Å². The Morgan fingerprint density at radius 2 is 2.00 bits per heavy atom. The molecule has 0 aromatic heterocycles. The Morgan fingerprint density at radius 1 is 1.35 bits per heavy atom. The number of carbonyl (C=O) groups is 1. The van der Waals surface area contributed by atoms with Crippen LogP contribution in [0, 0.1) is 5.92 Å². The number of anilines is 2. The van der Waals surface area contributed by atoms with Crippen molar-refractivity contribution in [3.63, 3.8) is 0 Å². The van der Waals surface area contributed by atoms with Gasteiger partial charge in [0.05, 0.1) is 11.4 Å². The zero-order valence-corrected chi connectivity index (χ0v) is 10.1. The fourth-order valence-electron chi connectivity index (χ4n) is 2.12. The van der Waals surface area contributed by atoms with Crippen LogP contribution in [0.25, 0.3) is 0 Å². The molecule has 92 valence electrons. The summed E-state index contributed by atoms with van der Waals surface area (Å²) in [5.74, 6) is 0.210. The van der Waals surface area contributed by atoms with E-state index in [-0.39, 0.29) is 11.8 Å². The summed E-state index contributed by atoms with van der Waals surface area (Å²) in [6, 6.07) is 7.37. The van der Waals surface area contributed by atoms with Gasteiger partial charge in [-0.05, 0) is 45.1 Å². The number of rotatable bonds is 2. The molecule has 0 aliphatic carbocycles. The molecule has 0 unspecified atom stereocenters. The Labute approximate surface area is 102 Å². The normalized spacial score (nSPS) is 17.9. The standard InChI is InChI=1S/C13H19N3O/c1-16-8-6-10(7-9-16)13(17)15-12-5-3-2-4-11(12)14/h2-5,10H,6-9,14H2,1H3,(H,15,17). The first-order valence-electron chi connectivity index (χ1n) is 6.00. The fourth-order valence-corrected chi connectivity index (χ4v) is 2.12. The van der Waals surface area contributed by atoms with Crippen LogP contribution in [0.2, 0.25) is 0 Å². The maximum Gasteiger partial charge on any atom is 0.227 e. The van der Waals surface area contributed by atoms with E-state index in [1.165, 1.54) is 0 Å². The minimum Gasteiger partial charge on any atom is -0.397 e. The first-order valence-corrected chi connectivity index (χ1v) is 6.00. The number of hydrogen-bond donors (Lipinski definition) is 2. The van der Waals surface area contributed by atoms with Gasteiger partial charge < -0.3 is 16.0 Å². The van der Waals surface area contributed by atoms with Gasteiger partial charge in [-0.3, -0.25) is 4.79 Å². The van der Waals surface area contributed by atoms with Crippen LogP contribution in [0.5, 0.6) is 0 Å². The van der Waals surface area contributed by atoms with Gasteiger partial charge in [0.15, 0.2) is 0 Å². The van der Waals surface area contributed by atoms with Crippen LogP contribution in [-0.4, -0.2) is 30.9 Å². The molecule has 4 heteroatoms. The van der Waals surface area contributed by atoms with Crippen molar-refractivity contribution < 1.29 is 4.79 Å². The van der Waals surface area contributed by atoms with Gasteiger partial charge in [-0.2, -0.15) is 0 Å². The van der Waals surface area contributed by atoms with Crippen molar-refractivity contribution in [2.24, 2.45) is 5.92 Å². The Morgan fingerprint density at radius 3 is 2.65 bits per heavy atom. The van der Waals surface area contributed by atoms with Gasteiger partial charge in [0.1, 0.15) is 0 Å². The Kier molecular flexibility index (Phi) is 3.64. The van der Waals surface area contributed by atoms with Gasteiger partial charge in [-0.15, -0.1) is 0 Å². The van der Waals surface area contributed by atoms with Gasteiger partial charge in [-0.1, -0.05) is 12.1 Å². The van der Waals surface area contributed by atoms with Gasteiger partial charge in [0.2, 0.25) is 5.91 Å². The number of nitrogens with two attached hydrogens (primary N) is 1. The molecular formula is C13H19N3O. The lowest BCUT2D eigenvalue weighted by Crippen LogP contribution is -2.36. The predicted molar refractivity (Wildman–Crippen MR) is 69.7 cm³/mol. The molecule has 1 aromatic rings. The monoisotopic (exact) mass is 233 g/mol. The highest BCUT2D eigenvalue weighted by molar-refractivity contribution is 5.95. The topological polar surface area (TPSA) is 58.4 Å². The number of amides is 1. The molecule has 3 N–H and O–H groups in total. The third-order valence-electron chi connectivity index (χ3n) is 3.31. The summed E-state index contributed by atoms with van der Waals surface area (Å²) in [5.41, 5.74) is 7.14. The molecule has 1 aliphatic rings. The molecule has 0 atom stereocenters. The molecule has 0 spiro atoms. The number of nitrogens with one attached hydrogen (secondary N) is 1. The molecular weight excluding hydrogens is 214 g/mol. The average Bonchev–Trinajstić information content (AvgIpc) is 2.33. The van der Waals surface area contributed by atoms with Gasteiger partial charge in [-0.25, -0.2) is 0 Å². The van der Waals surface area contributed by atoms with E-state index in [9.17, 15) is 4.79 Å². The van der Waals surface area contributed by atoms with Crippen molar-refractivity contribution in [3.05, 3.63) is 24.3 Å². The predicted octanol–water partition coefficient (Wildman–Crippen LogP) is 1.55. The summed E-state index contributed by atoms with van der Waals surface area (Å²) in [6.45, 7) is 1.98. The van der Waals surface area contributed by atoms with E-state index >= 15 is 0 Å². The quantitative estimate of drug-likeness (QED) is 0.762. The zero-order valence-electron chi connectivity index (χ0n) is 10.1. The maximum absolute atomic E-state index is 12.0. The summed E-state index contributed by atoms with van der Waals surface area (Å²) in [5, 5.41) is 2.91. The minimum absolute atomic E-state index is 0.0935. The number of benzene rings is 1. The van der Waals surface area contributed by atoms with Gasteiger partial charge in [0, 0.05) is 5.92 Å². The van der Waals surface area contributed by atoms with Crippen molar-refractivity contribution >= 4 is 17.3 Å². The smallest absolute Gasteiger partial charge is 0.227 e.